The van der Waals surface area contributed by atoms with Gasteiger partial charge in [-0.25, -0.2) is 9.97 Å². The van der Waals surface area contributed by atoms with E-state index in [-0.39, 0.29) is 6.61 Å². The fourth-order valence-corrected chi connectivity index (χ4v) is 3.65. The van der Waals surface area contributed by atoms with Crippen LogP contribution in [0.15, 0.2) is 12.4 Å². The summed E-state index contributed by atoms with van der Waals surface area (Å²) in [4.78, 5) is 11.2. The van der Waals surface area contributed by atoms with Gasteiger partial charge in [-0.3, -0.25) is 0 Å². The van der Waals surface area contributed by atoms with Crippen LogP contribution in [0.5, 0.6) is 0 Å². The highest BCUT2D eigenvalue weighted by Gasteiger charge is 2.27. The molecule has 0 amide bonds. The molecule has 116 valence electrons. The minimum atomic E-state index is 0.283. The number of aromatic nitrogens is 2. The maximum atomic E-state index is 9.16. The van der Waals surface area contributed by atoms with Crippen molar-refractivity contribution in [3.8, 4) is 0 Å². The summed E-state index contributed by atoms with van der Waals surface area (Å²) >= 11 is 0. The van der Waals surface area contributed by atoms with Crippen molar-refractivity contribution in [2.24, 2.45) is 5.92 Å². The number of rotatable bonds is 5. The lowest BCUT2D eigenvalue weighted by Gasteiger charge is -2.28. The van der Waals surface area contributed by atoms with Gasteiger partial charge in [-0.1, -0.05) is 6.42 Å². The van der Waals surface area contributed by atoms with Crippen molar-refractivity contribution in [3.05, 3.63) is 12.4 Å². The lowest BCUT2D eigenvalue weighted by Crippen LogP contribution is -2.30. The van der Waals surface area contributed by atoms with Gasteiger partial charge in [-0.15, -0.1) is 0 Å². The van der Waals surface area contributed by atoms with E-state index in [2.05, 4.69) is 26.3 Å². The minimum Gasteiger partial charge on any atom is -0.396 e. The molecule has 2 heterocycles. The van der Waals surface area contributed by atoms with Gasteiger partial charge in [0, 0.05) is 31.8 Å². The average molecular weight is 290 g/mol. The fourth-order valence-electron chi connectivity index (χ4n) is 3.65. The summed E-state index contributed by atoms with van der Waals surface area (Å²) in [7, 11) is 0. The molecule has 0 bridgehead atoms. The predicted octanol–water partition coefficient (Wildman–Crippen LogP) is 2.43. The van der Waals surface area contributed by atoms with E-state index < -0.39 is 0 Å². The first-order chi connectivity index (χ1) is 10.4. The lowest BCUT2D eigenvalue weighted by atomic mass is 10.00. The molecule has 1 aliphatic heterocycles. The van der Waals surface area contributed by atoms with Gasteiger partial charge in [-0.2, -0.15) is 0 Å². The quantitative estimate of drug-likeness (QED) is 0.872. The zero-order chi connectivity index (χ0) is 14.5. The molecule has 0 spiro atoms. The molecule has 2 aliphatic rings. The average Bonchev–Trinajstić information content (AvgIpc) is 2.96. The summed E-state index contributed by atoms with van der Waals surface area (Å²) in [6.07, 6.45) is 10.0. The Hall–Kier alpha value is -1.36. The normalized spacial score (nSPS) is 26.0. The smallest absolute Gasteiger partial charge is 0.134 e. The predicted molar refractivity (Wildman–Crippen MR) is 84.6 cm³/mol. The molecule has 5 heteroatoms. The van der Waals surface area contributed by atoms with Crippen molar-refractivity contribution in [3.63, 3.8) is 0 Å². The van der Waals surface area contributed by atoms with Crippen LogP contribution in [0.1, 0.15) is 44.9 Å². The topological polar surface area (TPSA) is 61.3 Å². The van der Waals surface area contributed by atoms with Crippen LogP contribution >= 0.6 is 0 Å². The van der Waals surface area contributed by atoms with Gasteiger partial charge < -0.3 is 15.3 Å². The van der Waals surface area contributed by atoms with Crippen molar-refractivity contribution in [2.75, 3.05) is 29.9 Å². The van der Waals surface area contributed by atoms with Gasteiger partial charge in [-0.05, 0) is 44.4 Å². The molecule has 1 aromatic heterocycles. The Morgan fingerprint density at radius 3 is 2.81 bits per heavy atom. The Labute approximate surface area is 126 Å². The van der Waals surface area contributed by atoms with Gasteiger partial charge in [0.05, 0.1) is 0 Å². The van der Waals surface area contributed by atoms with Crippen molar-refractivity contribution in [1.29, 1.82) is 0 Å². The first-order valence-corrected chi connectivity index (χ1v) is 8.31. The molecule has 1 aliphatic carbocycles. The van der Waals surface area contributed by atoms with E-state index in [1.165, 1.54) is 38.5 Å². The van der Waals surface area contributed by atoms with Crippen LogP contribution in [0, 0.1) is 5.92 Å². The van der Waals surface area contributed by atoms with Gasteiger partial charge in [0.2, 0.25) is 0 Å². The molecule has 2 unspecified atom stereocenters. The van der Waals surface area contributed by atoms with Crippen LogP contribution in [0.3, 0.4) is 0 Å². The third kappa shape index (κ3) is 3.64. The first-order valence-electron chi connectivity index (χ1n) is 8.31. The molecular weight excluding hydrogens is 264 g/mol. The summed E-state index contributed by atoms with van der Waals surface area (Å²) in [6, 6.07) is 2.53. The summed E-state index contributed by atoms with van der Waals surface area (Å²) in [5, 5.41) is 12.7. The molecule has 1 saturated carbocycles. The summed E-state index contributed by atoms with van der Waals surface area (Å²) in [5.74, 6) is 2.55. The largest absolute Gasteiger partial charge is 0.396 e. The highest BCUT2D eigenvalue weighted by molar-refractivity contribution is 5.49. The number of hydrogen-bond donors (Lipinski definition) is 2. The van der Waals surface area contributed by atoms with Gasteiger partial charge in [0.25, 0.3) is 0 Å². The van der Waals surface area contributed by atoms with Crippen LogP contribution in [-0.4, -0.2) is 40.8 Å². The van der Waals surface area contributed by atoms with Crippen molar-refractivity contribution < 1.29 is 5.11 Å². The molecular formula is C16H26N4O. The first kappa shape index (κ1) is 14.6. The van der Waals surface area contributed by atoms with E-state index in [0.29, 0.717) is 12.0 Å². The number of piperidine rings is 1. The highest BCUT2D eigenvalue weighted by atomic mass is 16.3. The fraction of sp³-hybridized carbons (Fsp3) is 0.750. The monoisotopic (exact) mass is 290 g/mol. The number of aliphatic hydroxyl groups excluding tert-OH is 1. The number of hydrogen-bond acceptors (Lipinski definition) is 5. The van der Waals surface area contributed by atoms with Crippen LogP contribution in [-0.2, 0) is 0 Å². The second-order valence-electron chi connectivity index (χ2n) is 6.26. The van der Waals surface area contributed by atoms with Crippen LogP contribution in [0.25, 0.3) is 0 Å². The van der Waals surface area contributed by atoms with Crippen molar-refractivity contribution in [1.82, 2.24) is 9.97 Å². The molecule has 5 nitrogen and oxygen atoms in total. The number of aliphatic hydroxyl groups is 1. The van der Waals surface area contributed by atoms with E-state index in [9.17, 15) is 0 Å². The van der Waals surface area contributed by atoms with E-state index in [1.807, 2.05) is 0 Å². The van der Waals surface area contributed by atoms with Crippen LogP contribution in [0.4, 0.5) is 11.6 Å². The van der Waals surface area contributed by atoms with E-state index in [1.54, 1.807) is 6.33 Å². The molecule has 0 aromatic carbocycles. The standard InChI is InChI=1S/C16H26N4O/c21-10-7-13-5-4-6-14(13)19-15-11-16(18-12-17-15)20-8-2-1-3-9-20/h11-14,21H,1-10H2,(H,17,18,19). The molecule has 1 aromatic rings. The Kier molecular flexibility index (Phi) is 4.91. The third-order valence-electron chi connectivity index (χ3n) is 4.82. The number of anilines is 2. The Bertz CT molecular complexity index is 448. The minimum absolute atomic E-state index is 0.283. The lowest BCUT2D eigenvalue weighted by molar-refractivity contribution is 0.254. The zero-order valence-electron chi connectivity index (χ0n) is 12.7. The van der Waals surface area contributed by atoms with Crippen molar-refractivity contribution >= 4 is 11.6 Å². The Morgan fingerprint density at radius 1 is 1.14 bits per heavy atom. The molecule has 3 rings (SSSR count). The molecule has 1 saturated heterocycles. The maximum absolute atomic E-state index is 9.16. The summed E-state index contributed by atoms with van der Waals surface area (Å²) in [6.45, 7) is 2.49. The second-order valence-corrected chi connectivity index (χ2v) is 6.26. The van der Waals surface area contributed by atoms with Crippen molar-refractivity contribution in [2.45, 2.75) is 51.0 Å². The summed E-state index contributed by atoms with van der Waals surface area (Å²) < 4.78 is 0. The van der Waals surface area contributed by atoms with E-state index in [4.69, 9.17) is 5.11 Å². The molecule has 21 heavy (non-hydrogen) atoms. The van der Waals surface area contributed by atoms with E-state index in [0.717, 1.165) is 31.1 Å². The van der Waals surface area contributed by atoms with Crippen LogP contribution < -0.4 is 10.2 Å². The molecule has 0 radical (unpaired) electrons. The Morgan fingerprint density at radius 2 is 2.00 bits per heavy atom. The van der Waals surface area contributed by atoms with Gasteiger partial charge >= 0.3 is 0 Å². The SMILES string of the molecule is OCCC1CCCC1Nc1cc(N2CCCCC2)ncn1. The summed E-state index contributed by atoms with van der Waals surface area (Å²) in [5.41, 5.74) is 0. The Balaban J connectivity index is 1.65. The molecule has 2 N–H and O–H groups in total. The zero-order valence-corrected chi connectivity index (χ0v) is 12.7. The van der Waals surface area contributed by atoms with Gasteiger partial charge in [0.15, 0.2) is 0 Å². The second kappa shape index (κ2) is 7.07. The third-order valence-corrected chi connectivity index (χ3v) is 4.82. The number of nitrogens with zero attached hydrogens (tertiary/aromatic N) is 3. The molecule has 2 atom stereocenters. The molecule has 2 fully saturated rings. The van der Waals surface area contributed by atoms with Crippen LogP contribution in [0.2, 0.25) is 0 Å². The highest BCUT2D eigenvalue weighted by Crippen LogP contribution is 2.31. The number of nitrogens with one attached hydrogen (secondary N) is 1. The van der Waals surface area contributed by atoms with E-state index >= 15 is 0 Å². The maximum Gasteiger partial charge on any atom is 0.134 e. The van der Waals surface area contributed by atoms with Gasteiger partial charge in [0.1, 0.15) is 18.0 Å².